The molecule has 142 valence electrons. The molecule has 2 rings (SSSR count). The standard InChI is InChI=1S/C10H11F3.C9H7F3O/c1-3-8-6-9(10(11,12)13)5-4-7(8)2;1-6-2-3-8(9(10,11)12)4-7(6)5-13/h4-6H,3H2,1-2H3;2-5H,1H3. The molecule has 0 heterocycles. The number of alkyl halides is 6. The maximum Gasteiger partial charge on any atom is 0.416 e. The Hall–Kier alpha value is -2.31. The number of aldehydes is 1. The average molecular weight is 376 g/mol. The first kappa shape index (κ1) is 21.7. The summed E-state index contributed by atoms with van der Waals surface area (Å²) in [6.45, 7) is 5.26. The molecule has 0 aliphatic heterocycles. The lowest BCUT2D eigenvalue weighted by Crippen LogP contribution is -2.05. The molecule has 2 aromatic rings. The Bertz CT molecular complexity index is 760. The first-order valence-electron chi connectivity index (χ1n) is 7.69. The van der Waals surface area contributed by atoms with Crippen LogP contribution in [0.4, 0.5) is 26.3 Å². The van der Waals surface area contributed by atoms with E-state index in [-0.39, 0.29) is 5.56 Å². The van der Waals surface area contributed by atoms with E-state index in [2.05, 4.69) is 0 Å². The molecule has 0 amide bonds. The van der Waals surface area contributed by atoms with Crippen molar-refractivity contribution < 1.29 is 31.1 Å². The Morgan fingerprint density at radius 2 is 1.27 bits per heavy atom. The van der Waals surface area contributed by atoms with Gasteiger partial charge in [-0.3, -0.25) is 4.79 Å². The number of carbonyl (C=O) groups is 1. The number of aryl methyl sites for hydroxylation is 3. The Morgan fingerprint density at radius 3 is 1.69 bits per heavy atom. The third-order valence-electron chi connectivity index (χ3n) is 3.79. The molecule has 0 aliphatic carbocycles. The number of carbonyl (C=O) groups excluding carboxylic acids is 1. The Labute approximate surface area is 147 Å². The van der Waals surface area contributed by atoms with Gasteiger partial charge in [-0.15, -0.1) is 0 Å². The van der Waals surface area contributed by atoms with Crippen LogP contribution < -0.4 is 0 Å². The number of hydrogen-bond donors (Lipinski definition) is 0. The molecule has 0 spiro atoms. The van der Waals surface area contributed by atoms with Crippen molar-refractivity contribution in [1.82, 2.24) is 0 Å². The fourth-order valence-corrected chi connectivity index (χ4v) is 2.17. The summed E-state index contributed by atoms with van der Waals surface area (Å²) in [4.78, 5) is 10.3. The van der Waals surface area contributed by atoms with Gasteiger partial charge in [0.2, 0.25) is 0 Å². The van der Waals surface area contributed by atoms with E-state index >= 15 is 0 Å². The van der Waals surface area contributed by atoms with Gasteiger partial charge in [0.05, 0.1) is 11.1 Å². The van der Waals surface area contributed by atoms with Gasteiger partial charge < -0.3 is 0 Å². The van der Waals surface area contributed by atoms with Crippen molar-refractivity contribution in [3.8, 4) is 0 Å². The van der Waals surface area contributed by atoms with Gasteiger partial charge in [-0.2, -0.15) is 26.3 Å². The minimum Gasteiger partial charge on any atom is -0.298 e. The molecule has 0 saturated heterocycles. The summed E-state index contributed by atoms with van der Waals surface area (Å²) in [5, 5.41) is 0. The molecule has 0 aliphatic rings. The van der Waals surface area contributed by atoms with Crippen molar-refractivity contribution in [3.05, 3.63) is 69.8 Å². The summed E-state index contributed by atoms with van der Waals surface area (Å²) < 4.78 is 73.1. The second-order valence-electron chi connectivity index (χ2n) is 5.68. The molecule has 0 radical (unpaired) electrons. The van der Waals surface area contributed by atoms with Gasteiger partial charge in [-0.1, -0.05) is 19.1 Å². The predicted molar refractivity (Wildman–Crippen MR) is 87.1 cm³/mol. The van der Waals surface area contributed by atoms with Gasteiger partial charge in [0, 0.05) is 5.56 Å². The van der Waals surface area contributed by atoms with Crippen molar-refractivity contribution in [2.45, 2.75) is 39.5 Å². The molecule has 26 heavy (non-hydrogen) atoms. The van der Waals surface area contributed by atoms with E-state index in [0.717, 1.165) is 29.3 Å². The smallest absolute Gasteiger partial charge is 0.298 e. The molecule has 0 bridgehead atoms. The summed E-state index contributed by atoms with van der Waals surface area (Å²) in [5.74, 6) is 0. The quantitative estimate of drug-likeness (QED) is 0.438. The molecule has 0 N–H and O–H groups in total. The lowest BCUT2D eigenvalue weighted by Gasteiger charge is -2.09. The van der Waals surface area contributed by atoms with Crippen molar-refractivity contribution in [2.75, 3.05) is 0 Å². The van der Waals surface area contributed by atoms with Crippen molar-refractivity contribution in [3.63, 3.8) is 0 Å². The SMILES string of the molecule is CCc1cc(C(F)(F)F)ccc1C.Cc1ccc(C(F)(F)F)cc1C=O. The van der Waals surface area contributed by atoms with E-state index in [1.807, 2.05) is 13.8 Å². The zero-order valence-corrected chi connectivity index (χ0v) is 14.4. The van der Waals surface area contributed by atoms with Gasteiger partial charge in [0.25, 0.3) is 0 Å². The predicted octanol–water partition coefficient (Wildman–Crippen LogP) is 6.40. The molecule has 0 fully saturated rings. The largest absolute Gasteiger partial charge is 0.416 e. The van der Waals surface area contributed by atoms with Gasteiger partial charge >= 0.3 is 12.4 Å². The third kappa shape index (κ3) is 5.89. The highest BCUT2D eigenvalue weighted by Gasteiger charge is 2.31. The van der Waals surface area contributed by atoms with Crippen LogP contribution >= 0.6 is 0 Å². The van der Waals surface area contributed by atoms with Crippen LogP contribution in [0.2, 0.25) is 0 Å². The van der Waals surface area contributed by atoms with Crippen molar-refractivity contribution in [1.29, 1.82) is 0 Å². The maximum absolute atomic E-state index is 12.2. The van der Waals surface area contributed by atoms with E-state index < -0.39 is 23.5 Å². The molecule has 2 aromatic carbocycles. The Balaban J connectivity index is 0.000000260. The van der Waals surface area contributed by atoms with Crippen LogP contribution in [0.3, 0.4) is 0 Å². The number of hydrogen-bond acceptors (Lipinski definition) is 1. The van der Waals surface area contributed by atoms with E-state index in [4.69, 9.17) is 0 Å². The van der Waals surface area contributed by atoms with Gasteiger partial charge in [0.15, 0.2) is 0 Å². The summed E-state index contributed by atoms with van der Waals surface area (Å²) in [6, 6.07) is 6.95. The molecule has 7 heteroatoms. The van der Waals surface area contributed by atoms with E-state index in [1.165, 1.54) is 18.2 Å². The monoisotopic (exact) mass is 376 g/mol. The number of halogens is 6. The van der Waals surface area contributed by atoms with Gasteiger partial charge in [-0.05, 0) is 61.2 Å². The molecule has 0 atom stereocenters. The fourth-order valence-electron chi connectivity index (χ4n) is 2.17. The van der Waals surface area contributed by atoms with E-state index in [1.54, 1.807) is 6.92 Å². The van der Waals surface area contributed by atoms with Gasteiger partial charge in [0.1, 0.15) is 6.29 Å². The first-order valence-corrected chi connectivity index (χ1v) is 7.69. The van der Waals surface area contributed by atoms with Crippen LogP contribution in [0.25, 0.3) is 0 Å². The van der Waals surface area contributed by atoms with Gasteiger partial charge in [-0.25, -0.2) is 0 Å². The molecule has 0 aromatic heterocycles. The van der Waals surface area contributed by atoms with Crippen LogP contribution in [-0.2, 0) is 18.8 Å². The van der Waals surface area contributed by atoms with E-state index in [0.29, 0.717) is 18.3 Å². The maximum atomic E-state index is 12.2. The first-order chi connectivity index (χ1) is 11.9. The van der Waals surface area contributed by atoms with Crippen LogP contribution in [-0.4, -0.2) is 6.29 Å². The summed E-state index contributed by atoms with van der Waals surface area (Å²) in [6.07, 6.45) is -7.55. The highest BCUT2D eigenvalue weighted by molar-refractivity contribution is 5.77. The van der Waals surface area contributed by atoms with Crippen LogP contribution in [0, 0.1) is 13.8 Å². The lowest BCUT2D eigenvalue weighted by molar-refractivity contribution is -0.138. The summed E-state index contributed by atoms with van der Waals surface area (Å²) in [5.41, 5.74) is 0.943. The number of benzene rings is 2. The van der Waals surface area contributed by atoms with E-state index in [9.17, 15) is 31.1 Å². The zero-order chi connectivity index (χ0) is 20.1. The van der Waals surface area contributed by atoms with Crippen molar-refractivity contribution in [2.24, 2.45) is 0 Å². The van der Waals surface area contributed by atoms with Crippen LogP contribution in [0.15, 0.2) is 36.4 Å². The summed E-state index contributed by atoms with van der Waals surface area (Å²) in [7, 11) is 0. The third-order valence-corrected chi connectivity index (χ3v) is 3.79. The normalized spacial score (nSPS) is 11.6. The molecule has 0 unspecified atom stereocenters. The topological polar surface area (TPSA) is 17.1 Å². The number of rotatable bonds is 2. The Kier molecular flexibility index (Phi) is 7.00. The molecule has 1 nitrogen and oxygen atoms in total. The average Bonchev–Trinajstić information content (AvgIpc) is 2.54. The fraction of sp³-hybridized carbons (Fsp3) is 0.316. The Morgan fingerprint density at radius 1 is 0.808 bits per heavy atom. The lowest BCUT2D eigenvalue weighted by atomic mass is 10.0. The van der Waals surface area contributed by atoms with Crippen LogP contribution in [0.1, 0.15) is 45.1 Å². The molecular weight excluding hydrogens is 358 g/mol. The summed E-state index contributed by atoms with van der Waals surface area (Å²) >= 11 is 0. The second kappa shape index (κ2) is 8.38. The highest BCUT2D eigenvalue weighted by Crippen LogP contribution is 2.31. The van der Waals surface area contributed by atoms with Crippen LogP contribution in [0.5, 0.6) is 0 Å². The molecular formula is C19H18F6O. The minimum absolute atomic E-state index is 0.0785. The minimum atomic E-state index is -4.38. The second-order valence-corrected chi connectivity index (χ2v) is 5.68. The highest BCUT2D eigenvalue weighted by atomic mass is 19.4. The zero-order valence-electron chi connectivity index (χ0n) is 14.4. The van der Waals surface area contributed by atoms with Crippen molar-refractivity contribution >= 4 is 6.29 Å². The molecule has 0 saturated carbocycles.